The predicted molar refractivity (Wildman–Crippen MR) is 133 cm³/mol. The van der Waals surface area contributed by atoms with Gasteiger partial charge in [-0.25, -0.2) is 4.98 Å². The van der Waals surface area contributed by atoms with Gasteiger partial charge in [0.05, 0.1) is 16.6 Å². The van der Waals surface area contributed by atoms with Crippen LogP contribution in [0, 0.1) is 0 Å². The van der Waals surface area contributed by atoms with Crippen molar-refractivity contribution in [3.8, 4) is 0 Å². The van der Waals surface area contributed by atoms with Gasteiger partial charge >= 0.3 is 0 Å². The highest BCUT2D eigenvalue weighted by Gasteiger charge is 2.24. The molecule has 0 unspecified atom stereocenters. The summed E-state index contributed by atoms with van der Waals surface area (Å²) in [6.45, 7) is 0. The quantitative estimate of drug-likeness (QED) is 0.479. The number of carbonyl (C=O) groups excluding carboxylic acids is 1. The van der Waals surface area contributed by atoms with Gasteiger partial charge in [0.1, 0.15) is 5.82 Å². The molecule has 2 aromatic heterocycles. The lowest BCUT2D eigenvalue weighted by Crippen LogP contribution is -2.40. The molecular formula is C26H28N6O. The number of aromatic nitrogens is 3. The van der Waals surface area contributed by atoms with Crippen molar-refractivity contribution in [1.29, 1.82) is 0 Å². The average Bonchev–Trinajstić information content (AvgIpc) is 2.84. The van der Waals surface area contributed by atoms with Gasteiger partial charge in [0, 0.05) is 43.1 Å². The minimum absolute atomic E-state index is 0.0292. The van der Waals surface area contributed by atoms with Gasteiger partial charge in [-0.1, -0.05) is 30.3 Å². The van der Waals surface area contributed by atoms with E-state index >= 15 is 0 Å². The number of amides is 1. The summed E-state index contributed by atoms with van der Waals surface area (Å²) in [7, 11) is 4.00. The molecule has 0 bridgehead atoms. The van der Waals surface area contributed by atoms with E-state index in [1.807, 2.05) is 67.5 Å². The molecule has 0 atom stereocenters. The largest absolute Gasteiger partial charge is 0.362 e. The molecule has 0 spiro atoms. The normalized spacial score (nSPS) is 18.2. The van der Waals surface area contributed by atoms with E-state index in [1.165, 1.54) is 0 Å². The summed E-state index contributed by atoms with van der Waals surface area (Å²) >= 11 is 0. The minimum atomic E-state index is -0.0292. The Morgan fingerprint density at radius 3 is 2.27 bits per heavy atom. The second-order valence-electron chi connectivity index (χ2n) is 8.82. The maximum atomic E-state index is 12.9. The van der Waals surface area contributed by atoms with E-state index in [-0.39, 0.29) is 18.0 Å². The highest BCUT2D eigenvalue weighted by atomic mass is 16.1. The fourth-order valence-electron chi connectivity index (χ4n) is 4.59. The third-order valence-corrected chi connectivity index (χ3v) is 6.30. The van der Waals surface area contributed by atoms with Crippen molar-refractivity contribution < 1.29 is 4.79 Å². The summed E-state index contributed by atoms with van der Waals surface area (Å²) in [4.78, 5) is 28.8. The van der Waals surface area contributed by atoms with Gasteiger partial charge in [0.15, 0.2) is 0 Å². The Morgan fingerprint density at radius 2 is 1.52 bits per heavy atom. The SMILES string of the molecule is CN(C)c1nc(N[C@H]2CC[C@@H](NC(=O)c3ccnc4ccccc34)CC2)nc2ccccc12. The van der Waals surface area contributed by atoms with E-state index in [1.54, 1.807) is 12.3 Å². The summed E-state index contributed by atoms with van der Waals surface area (Å²) in [5.74, 6) is 1.54. The van der Waals surface area contributed by atoms with Gasteiger partial charge in [0.2, 0.25) is 5.95 Å². The number of para-hydroxylation sites is 2. The van der Waals surface area contributed by atoms with Gasteiger partial charge in [-0.15, -0.1) is 0 Å². The Kier molecular flexibility index (Phi) is 5.77. The minimum Gasteiger partial charge on any atom is -0.362 e. The van der Waals surface area contributed by atoms with Gasteiger partial charge < -0.3 is 15.5 Å². The highest BCUT2D eigenvalue weighted by Crippen LogP contribution is 2.26. The zero-order valence-corrected chi connectivity index (χ0v) is 19.0. The van der Waals surface area contributed by atoms with Crippen molar-refractivity contribution >= 4 is 39.5 Å². The zero-order chi connectivity index (χ0) is 22.8. The Bertz CT molecular complexity index is 1290. The maximum absolute atomic E-state index is 12.9. The molecule has 4 aromatic rings. The van der Waals surface area contributed by atoms with E-state index in [0.29, 0.717) is 11.5 Å². The standard InChI is InChI=1S/C26H28N6O/c1-32(2)24-21-8-4-6-10-23(21)30-26(31-24)29-18-13-11-17(12-14-18)28-25(33)20-15-16-27-22-9-5-3-7-19(20)22/h3-10,15-18H,11-14H2,1-2H3,(H,28,33)(H,29,30,31)/t17-,18+. The van der Waals surface area contributed by atoms with Crippen LogP contribution >= 0.6 is 0 Å². The lowest BCUT2D eigenvalue weighted by Gasteiger charge is -2.30. The lowest BCUT2D eigenvalue weighted by molar-refractivity contribution is 0.0928. The highest BCUT2D eigenvalue weighted by molar-refractivity contribution is 6.06. The van der Waals surface area contributed by atoms with Crippen LogP contribution < -0.4 is 15.5 Å². The first-order valence-electron chi connectivity index (χ1n) is 11.4. The average molecular weight is 441 g/mol. The molecule has 0 radical (unpaired) electrons. The van der Waals surface area contributed by atoms with Crippen LogP contribution in [0.4, 0.5) is 11.8 Å². The van der Waals surface area contributed by atoms with Crippen LogP contribution in [0.5, 0.6) is 0 Å². The number of carbonyl (C=O) groups is 1. The third kappa shape index (κ3) is 4.44. The van der Waals surface area contributed by atoms with Crippen molar-refractivity contribution in [3.63, 3.8) is 0 Å². The number of nitrogens with one attached hydrogen (secondary N) is 2. The number of anilines is 2. The van der Waals surface area contributed by atoms with Crippen LogP contribution in [-0.4, -0.2) is 47.0 Å². The Balaban J connectivity index is 1.23. The van der Waals surface area contributed by atoms with Crippen molar-refractivity contribution in [2.45, 2.75) is 37.8 Å². The predicted octanol–water partition coefficient (Wildman–Crippen LogP) is 4.40. The van der Waals surface area contributed by atoms with Crippen molar-refractivity contribution in [3.05, 3.63) is 66.4 Å². The molecule has 2 aromatic carbocycles. The molecule has 1 amide bonds. The van der Waals surface area contributed by atoms with Crippen LogP contribution in [-0.2, 0) is 0 Å². The van der Waals surface area contributed by atoms with Crippen LogP contribution in [0.3, 0.4) is 0 Å². The summed E-state index contributed by atoms with van der Waals surface area (Å²) in [6.07, 6.45) is 5.44. The molecule has 1 fully saturated rings. The van der Waals surface area contributed by atoms with E-state index in [4.69, 9.17) is 9.97 Å². The Hall–Kier alpha value is -3.74. The first-order chi connectivity index (χ1) is 16.1. The summed E-state index contributed by atoms with van der Waals surface area (Å²) in [6, 6.07) is 18.1. The zero-order valence-electron chi connectivity index (χ0n) is 19.0. The first-order valence-corrected chi connectivity index (χ1v) is 11.4. The van der Waals surface area contributed by atoms with Gasteiger partial charge in [-0.2, -0.15) is 4.98 Å². The summed E-state index contributed by atoms with van der Waals surface area (Å²) in [5.41, 5.74) is 2.45. The van der Waals surface area contributed by atoms with E-state index in [9.17, 15) is 4.79 Å². The summed E-state index contributed by atoms with van der Waals surface area (Å²) < 4.78 is 0. The number of hydrogen-bond acceptors (Lipinski definition) is 6. The molecule has 7 heteroatoms. The number of rotatable bonds is 5. The maximum Gasteiger partial charge on any atom is 0.252 e. The number of fused-ring (bicyclic) bond motifs is 2. The van der Waals surface area contributed by atoms with Gasteiger partial charge in [0.25, 0.3) is 5.91 Å². The monoisotopic (exact) mass is 440 g/mol. The second kappa shape index (κ2) is 9.02. The molecule has 1 saturated carbocycles. The molecule has 1 aliphatic rings. The molecule has 1 aliphatic carbocycles. The molecule has 7 nitrogen and oxygen atoms in total. The van der Waals surface area contributed by atoms with Crippen LogP contribution in [0.2, 0.25) is 0 Å². The number of hydrogen-bond donors (Lipinski definition) is 2. The molecule has 2 N–H and O–H groups in total. The Labute approximate surface area is 193 Å². The molecule has 33 heavy (non-hydrogen) atoms. The van der Waals surface area contributed by atoms with E-state index in [2.05, 4.69) is 15.6 Å². The smallest absolute Gasteiger partial charge is 0.252 e. The third-order valence-electron chi connectivity index (χ3n) is 6.30. The molecule has 5 rings (SSSR count). The lowest BCUT2D eigenvalue weighted by atomic mass is 9.91. The van der Waals surface area contributed by atoms with Crippen LogP contribution in [0.25, 0.3) is 21.8 Å². The van der Waals surface area contributed by atoms with Crippen LogP contribution in [0.15, 0.2) is 60.8 Å². The molecular weight excluding hydrogens is 412 g/mol. The summed E-state index contributed by atoms with van der Waals surface area (Å²) in [5, 5.41) is 8.69. The van der Waals surface area contributed by atoms with E-state index < -0.39 is 0 Å². The fraction of sp³-hybridized carbons (Fsp3) is 0.308. The van der Waals surface area contributed by atoms with E-state index in [0.717, 1.165) is 53.3 Å². The van der Waals surface area contributed by atoms with Crippen molar-refractivity contribution in [2.24, 2.45) is 0 Å². The first kappa shape index (κ1) is 21.1. The number of nitrogens with zero attached hydrogens (tertiary/aromatic N) is 4. The van der Waals surface area contributed by atoms with Crippen LogP contribution in [0.1, 0.15) is 36.0 Å². The number of pyridine rings is 1. The molecule has 0 aliphatic heterocycles. The molecule has 2 heterocycles. The fourth-order valence-corrected chi connectivity index (χ4v) is 4.59. The molecule has 0 saturated heterocycles. The van der Waals surface area contributed by atoms with Crippen molar-refractivity contribution in [1.82, 2.24) is 20.3 Å². The van der Waals surface area contributed by atoms with Crippen molar-refractivity contribution in [2.75, 3.05) is 24.3 Å². The number of benzene rings is 2. The molecule has 168 valence electrons. The Morgan fingerprint density at radius 1 is 0.848 bits per heavy atom. The van der Waals surface area contributed by atoms with Gasteiger partial charge in [-0.3, -0.25) is 9.78 Å². The second-order valence-corrected chi connectivity index (χ2v) is 8.82. The van der Waals surface area contributed by atoms with Gasteiger partial charge in [-0.05, 0) is 49.9 Å². The topological polar surface area (TPSA) is 83.0 Å².